The highest BCUT2D eigenvalue weighted by Gasteiger charge is 2.31. The van der Waals surface area contributed by atoms with E-state index in [-0.39, 0.29) is 22.1 Å². The molecule has 1 N–H and O–H groups in total. The van der Waals surface area contributed by atoms with Crippen molar-refractivity contribution in [2.45, 2.75) is 42.7 Å². The van der Waals surface area contributed by atoms with Crippen LogP contribution in [0.3, 0.4) is 0 Å². The lowest BCUT2D eigenvalue weighted by Crippen LogP contribution is -2.52. The van der Waals surface area contributed by atoms with Crippen molar-refractivity contribution in [2.24, 2.45) is 0 Å². The van der Waals surface area contributed by atoms with Crippen LogP contribution in [-0.4, -0.2) is 62.6 Å². The van der Waals surface area contributed by atoms with E-state index in [1.807, 2.05) is 0 Å². The highest BCUT2D eigenvalue weighted by Crippen LogP contribution is 2.25. The van der Waals surface area contributed by atoms with Crippen LogP contribution in [0.2, 0.25) is 5.02 Å². The average Bonchev–Trinajstić information content (AvgIpc) is 2.82. The molecule has 0 unspecified atom stereocenters. The van der Waals surface area contributed by atoms with Crippen molar-refractivity contribution < 1.29 is 26.7 Å². The number of sulfonamides is 1. The molecule has 7 nitrogen and oxygen atoms in total. The molecule has 0 saturated carbocycles. The number of nitrogens with zero attached hydrogens (tertiary/aromatic N) is 2. The van der Waals surface area contributed by atoms with Gasteiger partial charge in [-0.2, -0.15) is 0 Å². The van der Waals surface area contributed by atoms with Crippen molar-refractivity contribution in [3.63, 3.8) is 0 Å². The number of hydrogen-bond acceptors (Lipinski definition) is 5. The first kappa shape index (κ1) is 24.7. The third-order valence-corrected chi connectivity index (χ3v) is 8.11. The number of nitrogens with one attached hydrogen (secondary N) is 1. The van der Waals surface area contributed by atoms with Crippen LogP contribution in [0.1, 0.15) is 25.7 Å². The van der Waals surface area contributed by atoms with Gasteiger partial charge in [-0.1, -0.05) is 23.7 Å². The number of ether oxygens (including phenoxy) is 1. The molecule has 0 radical (unpaired) electrons. The van der Waals surface area contributed by atoms with E-state index in [9.17, 15) is 22.0 Å². The summed E-state index contributed by atoms with van der Waals surface area (Å²) in [7, 11) is -4.05. The van der Waals surface area contributed by atoms with Gasteiger partial charge in [0.2, 0.25) is 0 Å². The van der Waals surface area contributed by atoms with E-state index < -0.39 is 27.7 Å². The minimum Gasteiger partial charge on any atom is -0.490 e. The zero-order valence-electron chi connectivity index (χ0n) is 18.4. The molecule has 2 heterocycles. The fourth-order valence-corrected chi connectivity index (χ4v) is 5.92. The van der Waals surface area contributed by atoms with E-state index in [4.69, 9.17) is 16.3 Å². The third kappa shape index (κ3) is 5.79. The van der Waals surface area contributed by atoms with Crippen LogP contribution >= 0.6 is 11.6 Å². The minimum atomic E-state index is -4.05. The maximum Gasteiger partial charge on any atom is 0.331 e. The molecule has 34 heavy (non-hydrogen) atoms. The smallest absolute Gasteiger partial charge is 0.331 e. The summed E-state index contributed by atoms with van der Waals surface area (Å²) in [4.78, 5) is 16.3. The van der Waals surface area contributed by atoms with Gasteiger partial charge in [0.25, 0.3) is 10.0 Å². The van der Waals surface area contributed by atoms with E-state index >= 15 is 0 Å². The Morgan fingerprint density at radius 3 is 2.29 bits per heavy atom. The first-order chi connectivity index (χ1) is 16.2. The summed E-state index contributed by atoms with van der Waals surface area (Å²) in [6, 6.07) is 9.15. The Hall–Kier alpha value is -2.43. The van der Waals surface area contributed by atoms with Crippen molar-refractivity contribution in [1.29, 1.82) is 0 Å². The predicted octanol–water partition coefficient (Wildman–Crippen LogP) is 4.02. The van der Waals surface area contributed by atoms with E-state index in [1.54, 1.807) is 12.1 Å². The quantitative estimate of drug-likeness (QED) is 0.653. The lowest BCUT2D eigenvalue weighted by Gasteiger charge is -2.41. The van der Waals surface area contributed by atoms with E-state index in [2.05, 4.69) is 9.62 Å². The van der Waals surface area contributed by atoms with Gasteiger partial charge in [0.15, 0.2) is 11.6 Å². The molecule has 11 heteroatoms. The molecule has 2 amide bonds. The van der Waals surface area contributed by atoms with Crippen LogP contribution < -0.4 is 9.46 Å². The SMILES string of the molecule is O=C(NS(=O)(=O)c1ccccc1Cl)N1CCC(N2CCC(Oc3ccc(F)c(F)c3)CC2)CC1. The largest absolute Gasteiger partial charge is 0.490 e. The molecule has 2 aromatic carbocycles. The van der Waals surface area contributed by atoms with Crippen LogP contribution in [-0.2, 0) is 10.0 Å². The molecule has 2 aromatic rings. The Labute approximate surface area is 202 Å². The van der Waals surface area contributed by atoms with Crippen molar-refractivity contribution in [3.8, 4) is 5.75 Å². The number of carbonyl (C=O) groups excluding carboxylic acids is 1. The Balaban J connectivity index is 1.24. The van der Waals surface area contributed by atoms with E-state index in [1.165, 1.54) is 23.1 Å². The van der Waals surface area contributed by atoms with Crippen molar-refractivity contribution >= 4 is 27.7 Å². The third-order valence-electron chi connectivity index (χ3n) is 6.29. The summed E-state index contributed by atoms with van der Waals surface area (Å²) in [6.07, 6.45) is 2.91. The number of likely N-dealkylation sites (tertiary alicyclic amines) is 2. The van der Waals surface area contributed by atoms with Crippen LogP contribution in [0.25, 0.3) is 0 Å². The monoisotopic (exact) mass is 513 g/mol. The molecule has 2 fully saturated rings. The first-order valence-corrected chi connectivity index (χ1v) is 13.0. The summed E-state index contributed by atoms with van der Waals surface area (Å²) in [5, 5.41) is 0.0541. The zero-order chi connectivity index (χ0) is 24.3. The summed E-state index contributed by atoms with van der Waals surface area (Å²) < 4.78 is 59.4. The highest BCUT2D eigenvalue weighted by molar-refractivity contribution is 7.90. The summed E-state index contributed by atoms with van der Waals surface area (Å²) >= 11 is 5.96. The van der Waals surface area contributed by atoms with Crippen molar-refractivity contribution in [2.75, 3.05) is 26.2 Å². The number of benzene rings is 2. The molecule has 2 aliphatic rings. The van der Waals surface area contributed by atoms with Gasteiger partial charge in [0.05, 0.1) is 5.02 Å². The Kier molecular flexibility index (Phi) is 7.59. The van der Waals surface area contributed by atoms with Gasteiger partial charge in [0.1, 0.15) is 16.7 Å². The predicted molar refractivity (Wildman–Crippen MR) is 123 cm³/mol. The fraction of sp³-hybridized carbons (Fsp3) is 0.435. The van der Waals surface area contributed by atoms with Gasteiger partial charge in [0, 0.05) is 38.3 Å². The van der Waals surface area contributed by atoms with Gasteiger partial charge < -0.3 is 9.64 Å². The lowest BCUT2D eigenvalue weighted by molar-refractivity contribution is 0.0538. The highest BCUT2D eigenvalue weighted by atomic mass is 35.5. The topological polar surface area (TPSA) is 79.0 Å². The molecule has 0 bridgehead atoms. The number of amides is 2. The van der Waals surface area contributed by atoms with Crippen LogP contribution in [0.5, 0.6) is 5.75 Å². The second-order valence-corrected chi connectivity index (χ2v) is 10.5. The Bertz CT molecular complexity index is 1130. The standard InChI is InChI=1S/C23H26ClF2N3O4S/c24-19-3-1-2-4-22(19)34(31,32)27-23(30)29-11-7-16(8-12-29)28-13-9-17(10-14-28)33-18-5-6-20(25)21(26)15-18/h1-6,15-17H,7-14H2,(H,27,30). The lowest BCUT2D eigenvalue weighted by atomic mass is 9.99. The molecule has 0 aliphatic carbocycles. The number of urea groups is 1. The second-order valence-electron chi connectivity index (χ2n) is 8.49. The normalized spacial score (nSPS) is 18.6. The molecule has 0 atom stereocenters. The Morgan fingerprint density at radius 1 is 0.971 bits per heavy atom. The maximum atomic E-state index is 13.4. The maximum absolute atomic E-state index is 13.4. The summed E-state index contributed by atoms with van der Waals surface area (Å²) in [5.41, 5.74) is 0. The van der Waals surface area contributed by atoms with Gasteiger partial charge >= 0.3 is 6.03 Å². The van der Waals surface area contributed by atoms with E-state index in [0.717, 1.165) is 50.9 Å². The number of piperidine rings is 2. The van der Waals surface area contributed by atoms with Crippen molar-refractivity contribution in [3.05, 3.63) is 59.1 Å². The minimum absolute atomic E-state index is 0.0541. The van der Waals surface area contributed by atoms with Gasteiger partial charge in [-0.3, -0.25) is 4.90 Å². The average molecular weight is 514 g/mol. The van der Waals surface area contributed by atoms with Crippen LogP contribution in [0.15, 0.2) is 47.4 Å². The first-order valence-electron chi connectivity index (χ1n) is 11.1. The van der Waals surface area contributed by atoms with Gasteiger partial charge in [-0.15, -0.1) is 0 Å². The summed E-state index contributed by atoms with van der Waals surface area (Å²) in [6.45, 7) is 2.48. The Morgan fingerprint density at radius 2 is 1.65 bits per heavy atom. The fourth-order valence-electron chi connectivity index (χ4n) is 4.43. The molecular formula is C23H26ClF2N3O4S. The van der Waals surface area contributed by atoms with Crippen molar-refractivity contribution in [1.82, 2.24) is 14.5 Å². The molecule has 2 aliphatic heterocycles. The zero-order valence-corrected chi connectivity index (χ0v) is 20.0. The molecule has 4 rings (SSSR count). The van der Waals surface area contributed by atoms with Gasteiger partial charge in [-0.25, -0.2) is 26.7 Å². The molecular weight excluding hydrogens is 488 g/mol. The molecule has 0 spiro atoms. The molecule has 0 aromatic heterocycles. The number of rotatable bonds is 5. The molecule has 2 saturated heterocycles. The van der Waals surface area contributed by atoms with Crippen LogP contribution in [0.4, 0.5) is 13.6 Å². The summed E-state index contributed by atoms with van der Waals surface area (Å²) in [5.74, 6) is -1.50. The number of halogens is 3. The second kappa shape index (κ2) is 10.5. The van der Waals surface area contributed by atoms with Gasteiger partial charge in [-0.05, 0) is 49.9 Å². The number of carbonyl (C=O) groups is 1. The van der Waals surface area contributed by atoms with E-state index in [0.29, 0.717) is 18.8 Å². The van der Waals surface area contributed by atoms with Crippen LogP contribution in [0, 0.1) is 11.6 Å². The molecule has 184 valence electrons. The number of hydrogen-bond donors (Lipinski definition) is 1.